The second-order valence-corrected chi connectivity index (χ2v) is 6.70. The van der Waals surface area contributed by atoms with Crippen molar-refractivity contribution in [3.05, 3.63) is 29.8 Å². The zero-order chi connectivity index (χ0) is 17.1. The number of anilines is 1. The topological polar surface area (TPSA) is 84.9 Å². The molecule has 6 nitrogen and oxygen atoms in total. The lowest BCUT2D eigenvalue weighted by molar-refractivity contribution is -0.147. The predicted octanol–water partition coefficient (Wildman–Crippen LogP) is 3.17. The molecule has 0 radical (unpaired) electrons. The van der Waals surface area contributed by atoms with Crippen molar-refractivity contribution in [1.82, 2.24) is 0 Å². The summed E-state index contributed by atoms with van der Waals surface area (Å²) in [6.07, 6.45) is 0.354. The van der Waals surface area contributed by atoms with E-state index in [1.165, 1.54) is 0 Å². The van der Waals surface area contributed by atoms with Crippen molar-refractivity contribution >= 4 is 17.7 Å². The monoisotopic (exact) mass is 321 g/mol. The summed E-state index contributed by atoms with van der Waals surface area (Å²) in [7, 11) is 0. The number of benzene rings is 1. The van der Waals surface area contributed by atoms with Gasteiger partial charge in [0.1, 0.15) is 5.60 Å². The van der Waals surface area contributed by atoms with Gasteiger partial charge in [-0.2, -0.15) is 0 Å². The highest BCUT2D eigenvalue weighted by Crippen LogP contribution is 2.35. The predicted molar refractivity (Wildman–Crippen MR) is 85.7 cm³/mol. The van der Waals surface area contributed by atoms with Gasteiger partial charge in [0.05, 0.1) is 5.41 Å². The van der Waals surface area contributed by atoms with Gasteiger partial charge in [0.15, 0.2) is 0 Å². The Morgan fingerprint density at radius 3 is 2.22 bits per heavy atom. The number of aliphatic carboxylic acids is 1. The van der Waals surface area contributed by atoms with Gasteiger partial charge in [-0.25, -0.2) is 4.79 Å². The fourth-order valence-corrected chi connectivity index (χ4v) is 2.64. The lowest BCUT2D eigenvalue weighted by Gasteiger charge is -2.33. The summed E-state index contributed by atoms with van der Waals surface area (Å²) in [6.45, 7) is 6.24. The number of carbonyl (C=O) groups is 2. The fourth-order valence-electron chi connectivity index (χ4n) is 2.64. The first-order valence-corrected chi connectivity index (χ1v) is 7.65. The lowest BCUT2D eigenvalue weighted by atomic mass is 9.74. The van der Waals surface area contributed by atoms with Crippen LogP contribution in [0.25, 0.3) is 0 Å². The van der Waals surface area contributed by atoms with E-state index >= 15 is 0 Å². The highest BCUT2D eigenvalue weighted by atomic mass is 16.6. The van der Waals surface area contributed by atoms with Gasteiger partial charge < -0.3 is 14.6 Å². The third-order valence-electron chi connectivity index (χ3n) is 3.84. The van der Waals surface area contributed by atoms with E-state index in [0.29, 0.717) is 31.7 Å². The van der Waals surface area contributed by atoms with Crippen molar-refractivity contribution < 1.29 is 24.2 Å². The molecule has 1 fully saturated rings. The van der Waals surface area contributed by atoms with Crippen molar-refractivity contribution in [1.29, 1.82) is 0 Å². The summed E-state index contributed by atoms with van der Waals surface area (Å²) in [5.74, 6) is -0.839. The van der Waals surface area contributed by atoms with E-state index in [1.807, 2.05) is 0 Å². The number of hydrogen-bond acceptors (Lipinski definition) is 4. The molecule has 2 rings (SSSR count). The zero-order valence-corrected chi connectivity index (χ0v) is 13.7. The minimum Gasteiger partial charge on any atom is -0.481 e. The first-order valence-electron chi connectivity index (χ1n) is 7.65. The molecule has 0 saturated carbocycles. The number of nitrogens with one attached hydrogen (secondary N) is 1. The molecule has 1 saturated heterocycles. The van der Waals surface area contributed by atoms with Crippen LogP contribution in [0.4, 0.5) is 10.5 Å². The Hall–Kier alpha value is -2.08. The minimum absolute atomic E-state index is 0.435. The van der Waals surface area contributed by atoms with Crippen LogP contribution in [0.15, 0.2) is 24.3 Å². The summed E-state index contributed by atoms with van der Waals surface area (Å²) in [5, 5.41) is 12.3. The molecule has 1 aromatic carbocycles. The number of ether oxygens (including phenoxy) is 2. The SMILES string of the molecule is CC(C)(C)OC(=O)Nc1ccc(C2(C(=O)O)CCOCC2)cc1. The summed E-state index contributed by atoms with van der Waals surface area (Å²) in [6, 6.07) is 6.87. The van der Waals surface area contributed by atoms with E-state index in [9.17, 15) is 14.7 Å². The smallest absolute Gasteiger partial charge is 0.412 e. The Morgan fingerprint density at radius 1 is 1.17 bits per heavy atom. The molecular weight excluding hydrogens is 298 g/mol. The zero-order valence-electron chi connectivity index (χ0n) is 13.7. The Bertz CT molecular complexity index is 568. The summed E-state index contributed by atoms with van der Waals surface area (Å²) in [5.41, 5.74) is -0.194. The van der Waals surface area contributed by atoms with Crippen LogP contribution in [-0.2, 0) is 19.7 Å². The van der Waals surface area contributed by atoms with Crippen molar-refractivity contribution in [2.75, 3.05) is 18.5 Å². The van der Waals surface area contributed by atoms with E-state index in [-0.39, 0.29) is 0 Å². The molecule has 0 aromatic heterocycles. The average Bonchev–Trinajstić information content (AvgIpc) is 2.46. The molecule has 2 N–H and O–H groups in total. The first kappa shape index (κ1) is 17.3. The third-order valence-corrected chi connectivity index (χ3v) is 3.84. The Morgan fingerprint density at radius 2 is 1.74 bits per heavy atom. The Kier molecular flexibility index (Phi) is 4.94. The van der Waals surface area contributed by atoms with Crippen LogP contribution in [0, 0.1) is 0 Å². The third kappa shape index (κ3) is 4.22. The lowest BCUT2D eigenvalue weighted by Crippen LogP contribution is -2.41. The minimum atomic E-state index is -0.914. The number of hydrogen-bond donors (Lipinski definition) is 2. The highest BCUT2D eigenvalue weighted by molar-refractivity contribution is 5.85. The fraction of sp³-hybridized carbons (Fsp3) is 0.529. The van der Waals surface area contributed by atoms with Gasteiger partial charge in [-0.15, -0.1) is 0 Å². The number of carboxylic acid groups (broad SMARTS) is 1. The van der Waals surface area contributed by atoms with Crippen LogP contribution >= 0.6 is 0 Å². The van der Waals surface area contributed by atoms with Gasteiger partial charge in [-0.05, 0) is 51.3 Å². The molecule has 1 aromatic rings. The molecule has 0 unspecified atom stereocenters. The second kappa shape index (κ2) is 6.58. The molecule has 0 atom stereocenters. The van der Waals surface area contributed by atoms with E-state index in [4.69, 9.17) is 9.47 Å². The van der Waals surface area contributed by atoms with Crippen molar-refractivity contribution in [3.8, 4) is 0 Å². The summed E-state index contributed by atoms with van der Waals surface area (Å²) >= 11 is 0. The second-order valence-electron chi connectivity index (χ2n) is 6.70. The van der Waals surface area contributed by atoms with Crippen LogP contribution in [0.1, 0.15) is 39.2 Å². The summed E-state index contributed by atoms with van der Waals surface area (Å²) < 4.78 is 10.5. The van der Waals surface area contributed by atoms with Crippen LogP contribution in [0.5, 0.6) is 0 Å². The number of amides is 1. The van der Waals surface area contributed by atoms with Gasteiger partial charge in [0, 0.05) is 18.9 Å². The standard InChI is InChI=1S/C17H23NO5/c1-16(2,3)23-15(21)18-13-6-4-12(5-7-13)17(14(19)20)8-10-22-11-9-17/h4-7H,8-11H2,1-3H3,(H,18,21)(H,19,20). The van der Waals surface area contributed by atoms with Crippen molar-refractivity contribution in [2.24, 2.45) is 0 Å². The average molecular weight is 321 g/mol. The van der Waals surface area contributed by atoms with Crippen LogP contribution in [-0.4, -0.2) is 36.0 Å². The largest absolute Gasteiger partial charge is 0.481 e. The van der Waals surface area contributed by atoms with Crippen LogP contribution in [0.3, 0.4) is 0 Å². The van der Waals surface area contributed by atoms with E-state index < -0.39 is 23.1 Å². The Balaban J connectivity index is 2.12. The first-order chi connectivity index (χ1) is 10.7. The summed E-state index contributed by atoms with van der Waals surface area (Å²) in [4.78, 5) is 23.5. The van der Waals surface area contributed by atoms with Crippen molar-refractivity contribution in [3.63, 3.8) is 0 Å². The molecule has 0 aliphatic carbocycles. The molecule has 1 aliphatic heterocycles. The number of rotatable bonds is 3. The van der Waals surface area contributed by atoms with Crippen LogP contribution in [0.2, 0.25) is 0 Å². The molecular formula is C17H23NO5. The molecule has 1 aliphatic rings. The highest BCUT2D eigenvalue weighted by Gasteiger charge is 2.41. The maximum absolute atomic E-state index is 11.8. The van der Waals surface area contributed by atoms with E-state index in [1.54, 1.807) is 45.0 Å². The van der Waals surface area contributed by atoms with Gasteiger partial charge in [-0.3, -0.25) is 10.1 Å². The van der Waals surface area contributed by atoms with Gasteiger partial charge in [0.2, 0.25) is 0 Å². The normalized spacial score (nSPS) is 17.3. The molecule has 0 bridgehead atoms. The van der Waals surface area contributed by atoms with Gasteiger partial charge >= 0.3 is 12.1 Å². The molecule has 6 heteroatoms. The van der Waals surface area contributed by atoms with Gasteiger partial charge in [-0.1, -0.05) is 12.1 Å². The molecule has 1 amide bonds. The van der Waals surface area contributed by atoms with E-state index in [0.717, 1.165) is 5.56 Å². The van der Waals surface area contributed by atoms with Crippen molar-refractivity contribution in [2.45, 2.75) is 44.6 Å². The van der Waals surface area contributed by atoms with E-state index in [2.05, 4.69) is 5.32 Å². The number of carboxylic acids is 1. The molecule has 1 heterocycles. The quantitative estimate of drug-likeness (QED) is 0.893. The Labute approximate surface area is 135 Å². The number of carbonyl (C=O) groups excluding carboxylic acids is 1. The molecule has 23 heavy (non-hydrogen) atoms. The van der Waals surface area contributed by atoms with Crippen LogP contribution < -0.4 is 5.32 Å². The molecule has 126 valence electrons. The van der Waals surface area contributed by atoms with Gasteiger partial charge in [0.25, 0.3) is 0 Å². The maximum Gasteiger partial charge on any atom is 0.412 e. The maximum atomic E-state index is 11.8. The molecule has 0 spiro atoms.